The van der Waals surface area contributed by atoms with E-state index in [1.165, 1.54) is 0 Å². The third kappa shape index (κ3) is 4.68. The zero-order valence-corrected chi connectivity index (χ0v) is 11.7. The van der Waals surface area contributed by atoms with Gasteiger partial charge < -0.3 is 0 Å². The van der Waals surface area contributed by atoms with Crippen molar-refractivity contribution in [1.82, 2.24) is 0 Å². The average molecular weight is 275 g/mol. The summed E-state index contributed by atoms with van der Waals surface area (Å²) in [6.07, 6.45) is 3.62. The van der Waals surface area contributed by atoms with Crippen LogP contribution >= 0.6 is 11.6 Å². The molecule has 0 spiro atoms. The van der Waals surface area contributed by atoms with Gasteiger partial charge in [-0.1, -0.05) is 31.0 Å². The number of hydrogen-bond acceptors (Lipinski definition) is 2. The molecule has 0 aliphatic carbocycles. The molecule has 0 radical (unpaired) electrons. The van der Waals surface area contributed by atoms with Gasteiger partial charge in [0.1, 0.15) is 0 Å². The summed E-state index contributed by atoms with van der Waals surface area (Å²) < 4.78 is 24.1. The Morgan fingerprint density at radius 1 is 1.06 bits per heavy atom. The van der Waals surface area contributed by atoms with Crippen LogP contribution in [0.5, 0.6) is 0 Å². The molecule has 0 fully saturated rings. The molecule has 2 nitrogen and oxygen atoms in total. The van der Waals surface area contributed by atoms with Crippen molar-refractivity contribution in [3.05, 3.63) is 29.8 Å². The lowest BCUT2D eigenvalue weighted by atomic mass is 10.2. The number of benzene rings is 1. The lowest BCUT2D eigenvalue weighted by Crippen LogP contribution is -2.08. The van der Waals surface area contributed by atoms with Gasteiger partial charge in [-0.3, -0.25) is 0 Å². The first-order valence-electron chi connectivity index (χ1n) is 5.92. The molecule has 1 rings (SSSR count). The Kier molecular flexibility index (Phi) is 6.00. The molecule has 17 heavy (non-hydrogen) atoms. The van der Waals surface area contributed by atoms with Crippen LogP contribution in [-0.4, -0.2) is 20.1 Å². The number of hydrogen-bond donors (Lipinski definition) is 0. The van der Waals surface area contributed by atoms with Crippen molar-refractivity contribution >= 4 is 21.4 Å². The number of aryl methyl sites for hydroxylation is 1. The lowest BCUT2D eigenvalue weighted by Gasteiger charge is -2.07. The number of alkyl halides is 1. The third-order valence-electron chi connectivity index (χ3n) is 2.73. The Morgan fingerprint density at radius 2 is 1.71 bits per heavy atom. The second-order valence-corrected chi connectivity index (χ2v) is 6.64. The topological polar surface area (TPSA) is 34.1 Å². The standard InChI is InChI=1S/C13H19ClO2S/c1-12-8-4-5-9-13(12)17(15,16)11-7-3-2-6-10-14/h4-5,8-9H,2-3,6-7,10-11H2,1H3. The summed E-state index contributed by atoms with van der Waals surface area (Å²) in [5, 5.41) is 0. The highest BCUT2D eigenvalue weighted by Crippen LogP contribution is 2.17. The van der Waals surface area contributed by atoms with E-state index >= 15 is 0 Å². The number of halogens is 1. The van der Waals surface area contributed by atoms with Gasteiger partial charge in [0.05, 0.1) is 10.6 Å². The van der Waals surface area contributed by atoms with Crippen molar-refractivity contribution in [2.75, 3.05) is 11.6 Å². The molecule has 0 unspecified atom stereocenters. The maximum Gasteiger partial charge on any atom is 0.178 e. The summed E-state index contributed by atoms with van der Waals surface area (Å²) in [5.74, 6) is 0.894. The maximum absolute atomic E-state index is 12.1. The zero-order valence-electron chi connectivity index (χ0n) is 10.2. The van der Waals surface area contributed by atoms with Crippen molar-refractivity contribution in [2.45, 2.75) is 37.5 Å². The van der Waals surface area contributed by atoms with Gasteiger partial charge in [-0.2, -0.15) is 0 Å². The lowest BCUT2D eigenvalue weighted by molar-refractivity contribution is 0.588. The molecular weight excluding hydrogens is 256 g/mol. The average Bonchev–Trinajstić information content (AvgIpc) is 2.29. The van der Waals surface area contributed by atoms with Crippen LogP contribution in [0.15, 0.2) is 29.2 Å². The number of unbranched alkanes of at least 4 members (excludes halogenated alkanes) is 3. The molecule has 0 aliphatic rings. The molecule has 0 heterocycles. The Morgan fingerprint density at radius 3 is 2.35 bits per heavy atom. The monoisotopic (exact) mass is 274 g/mol. The summed E-state index contributed by atoms with van der Waals surface area (Å²) in [4.78, 5) is 0.470. The van der Waals surface area contributed by atoms with Crippen LogP contribution in [-0.2, 0) is 9.84 Å². The van der Waals surface area contributed by atoms with Gasteiger partial charge in [-0.05, 0) is 31.4 Å². The summed E-state index contributed by atoms with van der Waals surface area (Å²) in [6, 6.07) is 7.14. The fourth-order valence-corrected chi connectivity index (χ4v) is 3.59. The number of sulfone groups is 1. The smallest absolute Gasteiger partial charge is 0.178 e. The molecule has 0 atom stereocenters. The minimum atomic E-state index is -3.11. The van der Waals surface area contributed by atoms with Gasteiger partial charge >= 0.3 is 0 Å². The predicted molar refractivity (Wildman–Crippen MR) is 72.4 cm³/mol. The van der Waals surface area contributed by atoms with Crippen LogP contribution in [0.25, 0.3) is 0 Å². The first-order valence-corrected chi connectivity index (χ1v) is 8.11. The first kappa shape index (κ1) is 14.5. The van der Waals surface area contributed by atoms with Crippen molar-refractivity contribution in [1.29, 1.82) is 0 Å². The van der Waals surface area contributed by atoms with Crippen LogP contribution in [0.3, 0.4) is 0 Å². The molecular formula is C13H19ClO2S. The molecule has 0 aromatic heterocycles. The maximum atomic E-state index is 12.1. The normalized spacial score (nSPS) is 11.6. The molecule has 1 aromatic rings. The second kappa shape index (κ2) is 7.02. The Labute approximate surface area is 109 Å². The molecule has 0 saturated heterocycles. The van der Waals surface area contributed by atoms with E-state index in [2.05, 4.69) is 0 Å². The molecule has 0 bridgehead atoms. The SMILES string of the molecule is Cc1ccccc1S(=O)(=O)CCCCCCCl. The van der Waals surface area contributed by atoms with Crippen LogP contribution in [0.2, 0.25) is 0 Å². The van der Waals surface area contributed by atoms with Crippen molar-refractivity contribution < 1.29 is 8.42 Å². The van der Waals surface area contributed by atoms with Crippen LogP contribution in [0.4, 0.5) is 0 Å². The predicted octanol–water partition coefficient (Wildman–Crippen LogP) is 3.57. The van der Waals surface area contributed by atoms with E-state index in [1.54, 1.807) is 12.1 Å². The Balaban J connectivity index is 2.55. The summed E-state index contributed by atoms with van der Waals surface area (Å²) in [5.41, 5.74) is 0.827. The van der Waals surface area contributed by atoms with Crippen LogP contribution in [0.1, 0.15) is 31.2 Å². The van der Waals surface area contributed by atoms with Crippen molar-refractivity contribution in [3.63, 3.8) is 0 Å². The molecule has 0 saturated carbocycles. The van der Waals surface area contributed by atoms with E-state index in [9.17, 15) is 8.42 Å². The Hall–Kier alpha value is -0.540. The van der Waals surface area contributed by atoms with E-state index in [4.69, 9.17) is 11.6 Å². The minimum absolute atomic E-state index is 0.236. The molecule has 4 heteroatoms. The van der Waals surface area contributed by atoms with E-state index in [0.29, 0.717) is 17.2 Å². The van der Waals surface area contributed by atoms with E-state index < -0.39 is 9.84 Å². The van der Waals surface area contributed by atoms with E-state index in [0.717, 1.165) is 24.8 Å². The van der Waals surface area contributed by atoms with Crippen LogP contribution < -0.4 is 0 Å². The van der Waals surface area contributed by atoms with E-state index in [1.807, 2.05) is 19.1 Å². The minimum Gasteiger partial charge on any atom is -0.224 e. The van der Waals surface area contributed by atoms with Crippen molar-refractivity contribution in [2.24, 2.45) is 0 Å². The molecule has 0 amide bonds. The second-order valence-electron chi connectivity index (χ2n) is 4.19. The highest BCUT2D eigenvalue weighted by molar-refractivity contribution is 7.91. The largest absolute Gasteiger partial charge is 0.224 e. The summed E-state index contributed by atoms with van der Waals surface area (Å²) >= 11 is 5.57. The quantitative estimate of drug-likeness (QED) is 0.563. The van der Waals surface area contributed by atoms with Gasteiger partial charge in [0.25, 0.3) is 0 Å². The molecule has 96 valence electrons. The van der Waals surface area contributed by atoms with Crippen molar-refractivity contribution in [3.8, 4) is 0 Å². The Bertz CT molecular complexity index is 440. The summed E-state index contributed by atoms with van der Waals surface area (Å²) in [6.45, 7) is 1.83. The molecule has 1 aromatic carbocycles. The van der Waals surface area contributed by atoms with E-state index in [-0.39, 0.29) is 5.75 Å². The van der Waals surface area contributed by atoms with Gasteiger partial charge in [0.2, 0.25) is 0 Å². The molecule has 0 aliphatic heterocycles. The summed E-state index contributed by atoms with van der Waals surface area (Å²) in [7, 11) is -3.11. The van der Waals surface area contributed by atoms with Gasteiger partial charge in [0.15, 0.2) is 9.84 Å². The fourth-order valence-electron chi connectivity index (χ4n) is 1.76. The van der Waals surface area contributed by atoms with Gasteiger partial charge in [-0.25, -0.2) is 8.42 Å². The first-order chi connectivity index (χ1) is 8.08. The van der Waals surface area contributed by atoms with Gasteiger partial charge in [0, 0.05) is 5.88 Å². The van der Waals surface area contributed by atoms with Crippen LogP contribution in [0, 0.1) is 6.92 Å². The fraction of sp³-hybridized carbons (Fsp3) is 0.538. The third-order valence-corrected chi connectivity index (χ3v) is 4.95. The highest BCUT2D eigenvalue weighted by Gasteiger charge is 2.15. The number of rotatable bonds is 7. The zero-order chi connectivity index (χ0) is 12.7. The highest BCUT2D eigenvalue weighted by atomic mass is 35.5. The van der Waals surface area contributed by atoms with Gasteiger partial charge in [-0.15, -0.1) is 11.6 Å². The molecule has 0 N–H and O–H groups in total.